The standard InChI is InChI=1S/C18H20N2O3/c1-22-16-9-5-8-14-10-15(12-23-17(14)16)20-18(21)19-11-13-6-3-2-4-7-13/h2-9,15H,10-12H2,1H3,(H2,19,20,21). The molecule has 2 aromatic carbocycles. The van der Waals surface area contributed by atoms with Gasteiger partial charge in [0, 0.05) is 12.1 Å². The van der Waals surface area contributed by atoms with E-state index >= 15 is 0 Å². The Labute approximate surface area is 135 Å². The van der Waals surface area contributed by atoms with E-state index in [0.29, 0.717) is 13.2 Å². The molecular formula is C18H20N2O3. The second kappa shape index (κ2) is 7.05. The van der Waals surface area contributed by atoms with Crippen molar-refractivity contribution in [2.45, 2.75) is 19.0 Å². The highest BCUT2D eigenvalue weighted by Crippen LogP contribution is 2.34. The summed E-state index contributed by atoms with van der Waals surface area (Å²) in [7, 11) is 1.63. The normalized spacial score (nSPS) is 16.0. The first-order valence-electron chi connectivity index (χ1n) is 7.63. The van der Waals surface area contributed by atoms with E-state index in [1.54, 1.807) is 7.11 Å². The van der Waals surface area contributed by atoms with Gasteiger partial charge >= 0.3 is 6.03 Å². The third-order valence-electron chi connectivity index (χ3n) is 3.81. The van der Waals surface area contributed by atoms with E-state index in [4.69, 9.17) is 9.47 Å². The van der Waals surface area contributed by atoms with Gasteiger partial charge in [0.15, 0.2) is 11.5 Å². The van der Waals surface area contributed by atoms with Crippen LogP contribution in [0.4, 0.5) is 4.79 Å². The maximum Gasteiger partial charge on any atom is 0.315 e. The number of methoxy groups -OCH3 is 1. The summed E-state index contributed by atoms with van der Waals surface area (Å²) in [5.74, 6) is 1.51. The van der Waals surface area contributed by atoms with Crippen molar-refractivity contribution in [3.8, 4) is 11.5 Å². The number of hydrogen-bond acceptors (Lipinski definition) is 3. The van der Waals surface area contributed by atoms with Crippen LogP contribution in [0.15, 0.2) is 48.5 Å². The molecule has 0 saturated heterocycles. The van der Waals surface area contributed by atoms with Gasteiger partial charge in [0.2, 0.25) is 0 Å². The molecule has 120 valence electrons. The van der Waals surface area contributed by atoms with Gasteiger partial charge in [-0.05, 0) is 18.1 Å². The average Bonchev–Trinajstić information content (AvgIpc) is 2.60. The Morgan fingerprint density at radius 1 is 1.22 bits per heavy atom. The van der Waals surface area contributed by atoms with Crippen LogP contribution in [0.2, 0.25) is 0 Å². The smallest absolute Gasteiger partial charge is 0.315 e. The molecule has 0 aliphatic carbocycles. The lowest BCUT2D eigenvalue weighted by Gasteiger charge is -2.27. The first-order chi connectivity index (χ1) is 11.3. The lowest BCUT2D eigenvalue weighted by atomic mass is 10.0. The van der Waals surface area contributed by atoms with Gasteiger partial charge in [0.25, 0.3) is 0 Å². The van der Waals surface area contributed by atoms with Crippen molar-refractivity contribution < 1.29 is 14.3 Å². The van der Waals surface area contributed by atoms with Crippen LogP contribution in [0.25, 0.3) is 0 Å². The van der Waals surface area contributed by atoms with E-state index in [1.165, 1.54) is 0 Å². The zero-order valence-corrected chi connectivity index (χ0v) is 13.0. The van der Waals surface area contributed by atoms with Gasteiger partial charge in [-0.25, -0.2) is 4.79 Å². The molecule has 3 rings (SSSR count). The van der Waals surface area contributed by atoms with Gasteiger partial charge in [0.05, 0.1) is 13.2 Å². The average molecular weight is 312 g/mol. The Morgan fingerprint density at radius 2 is 2.04 bits per heavy atom. The molecule has 2 amide bonds. The van der Waals surface area contributed by atoms with Gasteiger partial charge in [-0.3, -0.25) is 0 Å². The molecule has 2 aromatic rings. The second-order valence-electron chi connectivity index (χ2n) is 5.47. The quantitative estimate of drug-likeness (QED) is 0.912. The fourth-order valence-corrected chi connectivity index (χ4v) is 2.66. The van der Waals surface area contributed by atoms with E-state index in [1.807, 2.05) is 48.5 Å². The van der Waals surface area contributed by atoms with E-state index < -0.39 is 0 Å². The molecule has 1 heterocycles. The van der Waals surface area contributed by atoms with Gasteiger partial charge < -0.3 is 20.1 Å². The summed E-state index contributed by atoms with van der Waals surface area (Å²) in [4.78, 5) is 12.0. The monoisotopic (exact) mass is 312 g/mol. The van der Waals surface area contributed by atoms with Crippen LogP contribution in [0.1, 0.15) is 11.1 Å². The number of carbonyl (C=O) groups excluding carboxylic acids is 1. The molecule has 5 heteroatoms. The number of hydrogen-bond donors (Lipinski definition) is 2. The number of carbonyl (C=O) groups is 1. The van der Waals surface area contributed by atoms with E-state index in [9.17, 15) is 4.79 Å². The highest BCUT2D eigenvalue weighted by Gasteiger charge is 2.23. The molecule has 1 atom stereocenters. The van der Waals surface area contributed by atoms with Crippen molar-refractivity contribution in [2.75, 3.05) is 13.7 Å². The minimum Gasteiger partial charge on any atom is -0.493 e. The molecule has 2 N–H and O–H groups in total. The summed E-state index contributed by atoms with van der Waals surface area (Å²) in [5.41, 5.74) is 2.11. The molecule has 0 aromatic heterocycles. The van der Waals surface area contributed by atoms with Crippen LogP contribution in [0, 0.1) is 0 Å². The van der Waals surface area contributed by atoms with Crippen LogP contribution < -0.4 is 20.1 Å². The highest BCUT2D eigenvalue weighted by molar-refractivity contribution is 5.74. The SMILES string of the molecule is COc1cccc2c1OCC(NC(=O)NCc1ccccc1)C2. The molecule has 1 unspecified atom stereocenters. The Morgan fingerprint density at radius 3 is 2.83 bits per heavy atom. The largest absolute Gasteiger partial charge is 0.493 e. The second-order valence-corrected chi connectivity index (χ2v) is 5.47. The number of fused-ring (bicyclic) bond motifs is 1. The van der Waals surface area contributed by atoms with Crippen molar-refractivity contribution in [3.05, 3.63) is 59.7 Å². The van der Waals surface area contributed by atoms with Crippen molar-refractivity contribution in [1.82, 2.24) is 10.6 Å². The van der Waals surface area contributed by atoms with Gasteiger partial charge in [-0.1, -0.05) is 42.5 Å². The van der Waals surface area contributed by atoms with Crippen molar-refractivity contribution >= 4 is 6.03 Å². The molecule has 0 saturated carbocycles. The molecule has 23 heavy (non-hydrogen) atoms. The summed E-state index contributed by atoms with van der Waals surface area (Å²) < 4.78 is 11.0. The number of ether oxygens (including phenoxy) is 2. The summed E-state index contributed by atoms with van der Waals surface area (Å²) in [6.07, 6.45) is 0.727. The first-order valence-corrected chi connectivity index (χ1v) is 7.63. The molecule has 0 bridgehead atoms. The number of para-hydroxylation sites is 1. The van der Waals surface area contributed by atoms with Crippen LogP contribution in [-0.2, 0) is 13.0 Å². The summed E-state index contributed by atoms with van der Waals surface area (Å²) in [6, 6.07) is 15.4. The summed E-state index contributed by atoms with van der Waals surface area (Å²) >= 11 is 0. The Hall–Kier alpha value is -2.69. The van der Waals surface area contributed by atoms with Gasteiger partial charge in [0.1, 0.15) is 6.61 Å². The molecule has 0 spiro atoms. The zero-order chi connectivity index (χ0) is 16.1. The topological polar surface area (TPSA) is 59.6 Å². The predicted molar refractivity (Wildman–Crippen MR) is 87.8 cm³/mol. The Balaban J connectivity index is 1.54. The maximum atomic E-state index is 12.0. The number of amides is 2. The van der Waals surface area contributed by atoms with Crippen LogP contribution in [0.5, 0.6) is 11.5 Å². The molecule has 5 nitrogen and oxygen atoms in total. The lowest BCUT2D eigenvalue weighted by Crippen LogP contribution is -2.47. The molecular weight excluding hydrogens is 292 g/mol. The number of nitrogens with one attached hydrogen (secondary N) is 2. The van der Waals surface area contributed by atoms with Crippen LogP contribution >= 0.6 is 0 Å². The Bertz CT molecular complexity index is 673. The highest BCUT2D eigenvalue weighted by atomic mass is 16.5. The minimum absolute atomic E-state index is 0.0506. The van der Waals surface area contributed by atoms with E-state index in [-0.39, 0.29) is 12.1 Å². The fraction of sp³-hybridized carbons (Fsp3) is 0.278. The molecule has 0 radical (unpaired) electrons. The fourth-order valence-electron chi connectivity index (χ4n) is 2.66. The van der Waals surface area contributed by atoms with Gasteiger partial charge in [-0.15, -0.1) is 0 Å². The van der Waals surface area contributed by atoms with Crippen molar-refractivity contribution in [2.24, 2.45) is 0 Å². The molecule has 0 fully saturated rings. The summed E-state index contributed by atoms with van der Waals surface area (Å²) in [5, 5.41) is 5.81. The summed E-state index contributed by atoms with van der Waals surface area (Å²) in [6.45, 7) is 0.941. The van der Waals surface area contributed by atoms with Crippen molar-refractivity contribution in [1.29, 1.82) is 0 Å². The van der Waals surface area contributed by atoms with E-state index in [2.05, 4.69) is 10.6 Å². The predicted octanol–water partition coefficient (Wildman–Crippen LogP) is 2.50. The van der Waals surface area contributed by atoms with Crippen LogP contribution in [-0.4, -0.2) is 25.8 Å². The number of urea groups is 1. The third kappa shape index (κ3) is 3.74. The minimum atomic E-state index is -0.186. The third-order valence-corrected chi connectivity index (χ3v) is 3.81. The zero-order valence-electron chi connectivity index (χ0n) is 13.0. The lowest BCUT2D eigenvalue weighted by molar-refractivity contribution is 0.210. The maximum absolute atomic E-state index is 12.0. The van der Waals surface area contributed by atoms with Crippen molar-refractivity contribution in [3.63, 3.8) is 0 Å². The van der Waals surface area contributed by atoms with Crippen LogP contribution in [0.3, 0.4) is 0 Å². The van der Waals surface area contributed by atoms with Gasteiger partial charge in [-0.2, -0.15) is 0 Å². The van der Waals surface area contributed by atoms with E-state index in [0.717, 1.165) is 29.0 Å². The first kappa shape index (κ1) is 15.2. The molecule has 1 aliphatic heterocycles. The Kier molecular flexibility index (Phi) is 4.66. The number of rotatable bonds is 4. The molecule has 1 aliphatic rings. The number of benzene rings is 2.